The fourth-order valence-corrected chi connectivity index (χ4v) is 2.46. The van der Waals surface area contributed by atoms with Gasteiger partial charge in [0.05, 0.1) is 19.4 Å². The number of carbonyl (C=O) groups excluding carboxylic acids is 1. The Morgan fingerprint density at radius 2 is 2.28 bits per heavy atom. The fraction of sp³-hybridized carbons (Fsp3) is 0.643. The Bertz CT molecular complexity index is 366. The van der Waals surface area contributed by atoms with Gasteiger partial charge < -0.3 is 14.1 Å². The molecule has 2 rings (SSSR count). The van der Waals surface area contributed by atoms with E-state index in [-0.39, 0.29) is 17.8 Å². The van der Waals surface area contributed by atoms with Crippen LogP contribution in [0.25, 0.3) is 0 Å². The number of furan rings is 1. The average Bonchev–Trinajstić information content (AvgIpc) is 2.85. The van der Waals surface area contributed by atoms with Gasteiger partial charge in [-0.15, -0.1) is 0 Å². The van der Waals surface area contributed by atoms with E-state index in [1.807, 2.05) is 6.92 Å². The van der Waals surface area contributed by atoms with Crippen LogP contribution in [-0.4, -0.2) is 31.7 Å². The fourth-order valence-electron chi connectivity index (χ4n) is 2.46. The van der Waals surface area contributed by atoms with Crippen LogP contribution in [0, 0.1) is 5.92 Å². The lowest BCUT2D eigenvalue weighted by Crippen LogP contribution is -3.14. The van der Waals surface area contributed by atoms with Crippen molar-refractivity contribution in [3.63, 3.8) is 0 Å². The molecule has 18 heavy (non-hydrogen) atoms. The van der Waals surface area contributed by atoms with Crippen molar-refractivity contribution in [3.05, 3.63) is 24.2 Å². The van der Waals surface area contributed by atoms with E-state index in [4.69, 9.17) is 9.15 Å². The normalized spacial score (nSPS) is 25.7. The van der Waals surface area contributed by atoms with Crippen LogP contribution in [0.2, 0.25) is 0 Å². The first-order chi connectivity index (χ1) is 8.65. The van der Waals surface area contributed by atoms with Crippen molar-refractivity contribution in [1.82, 2.24) is 0 Å². The smallest absolute Gasteiger partial charge is 0.374 e. The van der Waals surface area contributed by atoms with E-state index in [0.717, 1.165) is 12.5 Å². The first kappa shape index (κ1) is 13.1. The molecule has 4 heteroatoms. The molecule has 1 aromatic rings. The number of rotatable bonds is 4. The summed E-state index contributed by atoms with van der Waals surface area (Å²) in [5.74, 6) is 0.760. The molecule has 0 bridgehead atoms. The van der Waals surface area contributed by atoms with E-state index in [1.165, 1.54) is 37.1 Å². The Morgan fingerprint density at radius 3 is 2.89 bits per heavy atom. The maximum Gasteiger partial charge on any atom is 0.374 e. The van der Waals surface area contributed by atoms with E-state index in [2.05, 4.69) is 6.92 Å². The van der Waals surface area contributed by atoms with E-state index in [9.17, 15) is 4.79 Å². The molecular formula is C14H22NO3+. The van der Waals surface area contributed by atoms with Crippen LogP contribution in [0.15, 0.2) is 22.8 Å². The van der Waals surface area contributed by atoms with Crippen molar-refractivity contribution in [1.29, 1.82) is 0 Å². The second-order valence-electron chi connectivity index (χ2n) is 5.33. The summed E-state index contributed by atoms with van der Waals surface area (Å²) >= 11 is 0. The summed E-state index contributed by atoms with van der Waals surface area (Å²) in [7, 11) is 0. The highest BCUT2D eigenvalue weighted by molar-refractivity contribution is 5.86. The van der Waals surface area contributed by atoms with E-state index < -0.39 is 0 Å². The largest absolute Gasteiger partial charge is 0.457 e. The predicted molar refractivity (Wildman–Crippen MR) is 67.5 cm³/mol. The zero-order valence-electron chi connectivity index (χ0n) is 11.1. The van der Waals surface area contributed by atoms with Crippen molar-refractivity contribution in [2.24, 2.45) is 5.92 Å². The van der Waals surface area contributed by atoms with Gasteiger partial charge in [0, 0.05) is 0 Å². The maximum absolute atomic E-state index is 11.7. The van der Waals surface area contributed by atoms with Gasteiger partial charge in [0.15, 0.2) is 0 Å². The minimum atomic E-state index is -0.364. The standard InChI is InChI=1S/C14H21NO3/c1-11-5-7-15(8-6-11)10-12(2)18-14(16)13-4-3-9-17-13/h3-4,9,11-12H,5-8,10H2,1-2H3/p+1/t12-/m0/s1. The van der Waals surface area contributed by atoms with Crippen molar-refractivity contribution in [3.8, 4) is 0 Å². The van der Waals surface area contributed by atoms with Gasteiger partial charge >= 0.3 is 5.97 Å². The molecule has 2 heterocycles. The molecule has 0 radical (unpaired) electrons. The number of esters is 1. The topological polar surface area (TPSA) is 43.9 Å². The lowest BCUT2D eigenvalue weighted by molar-refractivity contribution is -0.908. The number of hydrogen-bond donors (Lipinski definition) is 1. The molecule has 1 saturated heterocycles. The summed E-state index contributed by atoms with van der Waals surface area (Å²) in [5.41, 5.74) is 0. The molecule has 0 aromatic carbocycles. The highest BCUT2D eigenvalue weighted by Gasteiger charge is 2.23. The molecule has 1 fully saturated rings. The van der Waals surface area contributed by atoms with Crippen LogP contribution in [0.3, 0.4) is 0 Å². The molecule has 1 aromatic heterocycles. The number of ether oxygens (including phenoxy) is 1. The highest BCUT2D eigenvalue weighted by atomic mass is 16.6. The van der Waals surface area contributed by atoms with Crippen LogP contribution >= 0.6 is 0 Å². The Labute approximate surface area is 108 Å². The monoisotopic (exact) mass is 252 g/mol. The lowest BCUT2D eigenvalue weighted by atomic mass is 9.99. The van der Waals surface area contributed by atoms with Gasteiger partial charge in [-0.3, -0.25) is 0 Å². The summed E-state index contributed by atoms with van der Waals surface area (Å²) < 4.78 is 10.4. The minimum Gasteiger partial charge on any atom is -0.457 e. The van der Waals surface area contributed by atoms with Crippen molar-refractivity contribution < 1.29 is 18.8 Å². The molecule has 100 valence electrons. The van der Waals surface area contributed by atoms with Gasteiger partial charge in [-0.25, -0.2) is 4.79 Å². The van der Waals surface area contributed by atoms with Crippen LogP contribution in [-0.2, 0) is 4.74 Å². The van der Waals surface area contributed by atoms with Crippen LogP contribution in [0.4, 0.5) is 0 Å². The third-order valence-electron chi connectivity index (χ3n) is 3.59. The van der Waals surface area contributed by atoms with Gasteiger partial charge in [0.1, 0.15) is 12.6 Å². The molecule has 1 atom stereocenters. The third-order valence-corrected chi connectivity index (χ3v) is 3.59. The molecule has 0 aliphatic carbocycles. The SMILES string of the molecule is CC1CC[NH+](C[C@H](C)OC(=O)c2ccco2)CC1. The number of nitrogens with one attached hydrogen (secondary N) is 1. The summed E-state index contributed by atoms with van der Waals surface area (Å²) in [4.78, 5) is 13.2. The van der Waals surface area contributed by atoms with Gasteiger partial charge in [-0.1, -0.05) is 6.92 Å². The van der Waals surface area contributed by atoms with Crippen LogP contribution < -0.4 is 4.90 Å². The van der Waals surface area contributed by atoms with E-state index in [1.54, 1.807) is 12.1 Å². The lowest BCUT2D eigenvalue weighted by Gasteiger charge is -2.28. The van der Waals surface area contributed by atoms with Gasteiger partial charge in [-0.2, -0.15) is 0 Å². The molecule has 4 nitrogen and oxygen atoms in total. The molecule has 0 amide bonds. The number of carbonyl (C=O) groups is 1. The second kappa shape index (κ2) is 6.05. The zero-order chi connectivity index (χ0) is 13.0. The molecule has 0 spiro atoms. The second-order valence-corrected chi connectivity index (χ2v) is 5.33. The summed E-state index contributed by atoms with van der Waals surface area (Å²) in [5, 5.41) is 0. The number of piperidine rings is 1. The van der Waals surface area contributed by atoms with Crippen molar-refractivity contribution in [2.75, 3.05) is 19.6 Å². The molecule has 1 aliphatic heterocycles. The molecule has 1 N–H and O–H groups in total. The summed E-state index contributed by atoms with van der Waals surface area (Å²) in [6, 6.07) is 3.32. The predicted octanol–water partition coefficient (Wildman–Crippen LogP) is 1.14. The number of likely N-dealkylation sites (tertiary alicyclic amines) is 1. The van der Waals surface area contributed by atoms with Gasteiger partial charge in [0.25, 0.3) is 0 Å². The van der Waals surface area contributed by atoms with Crippen molar-refractivity contribution in [2.45, 2.75) is 32.8 Å². The third kappa shape index (κ3) is 3.60. The molecule has 0 unspecified atom stereocenters. The molecule has 0 saturated carbocycles. The quantitative estimate of drug-likeness (QED) is 0.817. The zero-order valence-corrected chi connectivity index (χ0v) is 11.1. The van der Waals surface area contributed by atoms with Gasteiger partial charge in [-0.05, 0) is 37.8 Å². The highest BCUT2D eigenvalue weighted by Crippen LogP contribution is 2.07. The Morgan fingerprint density at radius 1 is 1.56 bits per heavy atom. The van der Waals surface area contributed by atoms with Crippen LogP contribution in [0.5, 0.6) is 0 Å². The first-order valence-corrected chi connectivity index (χ1v) is 6.73. The average molecular weight is 252 g/mol. The van der Waals surface area contributed by atoms with E-state index in [0.29, 0.717) is 0 Å². The Balaban J connectivity index is 1.75. The summed E-state index contributed by atoms with van der Waals surface area (Å²) in [6.07, 6.45) is 3.96. The van der Waals surface area contributed by atoms with Crippen molar-refractivity contribution >= 4 is 5.97 Å². The van der Waals surface area contributed by atoms with Gasteiger partial charge in [0.2, 0.25) is 5.76 Å². The van der Waals surface area contributed by atoms with Crippen LogP contribution in [0.1, 0.15) is 37.2 Å². The van der Waals surface area contributed by atoms with E-state index >= 15 is 0 Å². The number of hydrogen-bond acceptors (Lipinski definition) is 3. The minimum absolute atomic E-state index is 0.0639. The Kier molecular flexibility index (Phi) is 4.42. The molecular weight excluding hydrogens is 230 g/mol. The first-order valence-electron chi connectivity index (χ1n) is 6.73. The Hall–Kier alpha value is -1.29. The number of quaternary nitrogens is 1. The maximum atomic E-state index is 11.7. The molecule has 1 aliphatic rings. The summed E-state index contributed by atoms with van der Waals surface area (Å²) in [6.45, 7) is 7.51.